The first-order valence-electron chi connectivity index (χ1n) is 9.96. The van der Waals surface area contributed by atoms with Gasteiger partial charge in [-0.3, -0.25) is 4.79 Å². The lowest BCUT2D eigenvalue weighted by molar-refractivity contribution is 0.0575. The Labute approximate surface area is 160 Å². The Kier molecular flexibility index (Phi) is 5.63. The largest absolute Gasteiger partial charge is 0.352 e. The van der Waals surface area contributed by atoms with Gasteiger partial charge in [-0.15, -0.1) is 0 Å². The monoisotopic (exact) mass is 365 g/mol. The number of aromatic nitrogens is 2. The quantitative estimate of drug-likeness (QED) is 0.851. The highest BCUT2D eigenvalue weighted by Crippen LogP contribution is 2.30. The van der Waals surface area contributed by atoms with Crippen molar-refractivity contribution in [3.05, 3.63) is 48.3 Å². The van der Waals surface area contributed by atoms with E-state index in [0.29, 0.717) is 23.5 Å². The van der Waals surface area contributed by atoms with E-state index in [2.05, 4.69) is 25.5 Å². The number of carbonyl (C=O) groups is 1. The standard InChI is InChI=1S/C21H27N5O/c27-20(24-15-17-5-3-14-26-13-2-1-6-19(17)26)16-7-9-18(10-8-16)25-21-22-11-4-12-23-21/h4,7-12,17,19H,1-3,5-6,13-15H2,(H,24,27)(H,22,23,25)/t17-,19-/m1/s1. The van der Waals surface area contributed by atoms with Crippen LogP contribution < -0.4 is 10.6 Å². The SMILES string of the molecule is O=C(NC[C@H]1CCCN2CCCC[C@H]12)c1ccc(Nc2ncccn2)cc1. The van der Waals surface area contributed by atoms with Crippen molar-refractivity contribution < 1.29 is 4.79 Å². The van der Waals surface area contributed by atoms with Crippen LogP contribution in [0.3, 0.4) is 0 Å². The first-order valence-corrected chi connectivity index (χ1v) is 9.96. The average molecular weight is 365 g/mol. The van der Waals surface area contributed by atoms with Crippen LogP contribution >= 0.6 is 0 Å². The Morgan fingerprint density at radius 2 is 1.81 bits per heavy atom. The second-order valence-electron chi connectivity index (χ2n) is 7.49. The molecule has 2 aliphatic heterocycles. The summed E-state index contributed by atoms with van der Waals surface area (Å²) in [4.78, 5) is 23.5. The number of carbonyl (C=O) groups excluding carboxylic acids is 1. The van der Waals surface area contributed by atoms with Crippen LogP contribution in [-0.2, 0) is 0 Å². The van der Waals surface area contributed by atoms with Crippen molar-refractivity contribution in [3.8, 4) is 0 Å². The molecule has 6 heteroatoms. The first kappa shape index (κ1) is 17.9. The topological polar surface area (TPSA) is 70.2 Å². The number of piperidine rings is 2. The van der Waals surface area contributed by atoms with Gasteiger partial charge in [-0.05, 0) is 75.0 Å². The lowest BCUT2D eigenvalue weighted by Crippen LogP contribution is -2.51. The molecule has 2 saturated heterocycles. The molecule has 0 radical (unpaired) electrons. The Bertz CT molecular complexity index is 747. The van der Waals surface area contributed by atoms with Crippen molar-refractivity contribution in [3.63, 3.8) is 0 Å². The van der Waals surface area contributed by atoms with Gasteiger partial charge in [0.1, 0.15) is 0 Å². The normalized spacial score (nSPS) is 22.7. The van der Waals surface area contributed by atoms with E-state index in [1.807, 2.05) is 24.3 Å². The number of hydrogen-bond acceptors (Lipinski definition) is 5. The van der Waals surface area contributed by atoms with Gasteiger partial charge in [-0.1, -0.05) is 6.42 Å². The Balaban J connectivity index is 1.31. The third-order valence-corrected chi connectivity index (χ3v) is 5.72. The number of fused-ring (bicyclic) bond motifs is 1. The summed E-state index contributed by atoms with van der Waals surface area (Å²) in [6.45, 7) is 3.24. The maximum Gasteiger partial charge on any atom is 0.251 e. The zero-order valence-corrected chi connectivity index (χ0v) is 15.6. The van der Waals surface area contributed by atoms with Crippen molar-refractivity contribution in [2.75, 3.05) is 25.0 Å². The third-order valence-electron chi connectivity index (χ3n) is 5.72. The molecule has 27 heavy (non-hydrogen) atoms. The molecule has 0 spiro atoms. The molecule has 0 aliphatic carbocycles. The summed E-state index contributed by atoms with van der Waals surface area (Å²) in [5, 5.41) is 6.29. The fraction of sp³-hybridized carbons (Fsp3) is 0.476. The van der Waals surface area contributed by atoms with Crippen LogP contribution in [0.1, 0.15) is 42.5 Å². The fourth-order valence-corrected chi connectivity index (χ4v) is 4.34. The van der Waals surface area contributed by atoms with E-state index in [4.69, 9.17) is 0 Å². The van der Waals surface area contributed by atoms with Crippen molar-refractivity contribution >= 4 is 17.5 Å². The first-order chi connectivity index (χ1) is 13.3. The molecule has 4 rings (SSSR count). The van der Waals surface area contributed by atoms with Crippen LogP contribution in [0.2, 0.25) is 0 Å². The van der Waals surface area contributed by atoms with Crippen LogP contribution in [-0.4, -0.2) is 46.5 Å². The van der Waals surface area contributed by atoms with E-state index in [1.165, 1.54) is 45.2 Å². The van der Waals surface area contributed by atoms with Gasteiger partial charge in [-0.2, -0.15) is 0 Å². The molecule has 1 amide bonds. The zero-order chi connectivity index (χ0) is 18.5. The average Bonchev–Trinajstić information content (AvgIpc) is 2.73. The highest BCUT2D eigenvalue weighted by Gasteiger charge is 2.32. The number of hydrogen-bond donors (Lipinski definition) is 2. The lowest BCUT2D eigenvalue weighted by atomic mass is 9.83. The number of benzene rings is 1. The molecule has 3 heterocycles. The van der Waals surface area contributed by atoms with Crippen molar-refractivity contribution in [1.82, 2.24) is 20.2 Å². The molecule has 0 unspecified atom stereocenters. The van der Waals surface area contributed by atoms with Crippen LogP contribution in [0.4, 0.5) is 11.6 Å². The highest BCUT2D eigenvalue weighted by molar-refractivity contribution is 5.94. The van der Waals surface area contributed by atoms with Gasteiger partial charge < -0.3 is 15.5 Å². The summed E-state index contributed by atoms with van der Waals surface area (Å²) in [6.07, 6.45) is 9.78. The summed E-state index contributed by atoms with van der Waals surface area (Å²) in [5.41, 5.74) is 1.55. The Hall–Kier alpha value is -2.47. The molecule has 2 N–H and O–H groups in total. The van der Waals surface area contributed by atoms with E-state index in [1.54, 1.807) is 18.5 Å². The van der Waals surface area contributed by atoms with E-state index in [9.17, 15) is 4.79 Å². The lowest BCUT2D eigenvalue weighted by Gasteiger charge is -2.44. The van der Waals surface area contributed by atoms with Crippen LogP contribution in [0.5, 0.6) is 0 Å². The fourth-order valence-electron chi connectivity index (χ4n) is 4.34. The zero-order valence-electron chi connectivity index (χ0n) is 15.6. The van der Waals surface area contributed by atoms with Crippen LogP contribution in [0, 0.1) is 5.92 Å². The number of nitrogens with one attached hydrogen (secondary N) is 2. The summed E-state index contributed by atoms with van der Waals surface area (Å²) < 4.78 is 0. The molecule has 1 aromatic carbocycles. The summed E-state index contributed by atoms with van der Waals surface area (Å²) >= 11 is 0. The molecule has 2 fully saturated rings. The summed E-state index contributed by atoms with van der Waals surface area (Å²) in [5.74, 6) is 1.13. The van der Waals surface area contributed by atoms with Gasteiger partial charge in [-0.25, -0.2) is 9.97 Å². The molecule has 6 nitrogen and oxygen atoms in total. The molecule has 2 atom stereocenters. The second kappa shape index (κ2) is 8.48. The molecule has 142 valence electrons. The Morgan fingerprint density at radius 3 is 2.63 bits per heavy atom. The molecule has 2 aliphatic rings. The minimum Gasteiger partial charge on any atom is -0.352 e. The van der Waals surface area contributed by atoms with Gasteiger partial charge >= 0.3 is 0 Å². The van der Waals surface area contributed by atoms with Gasteiger partial charge in [0.15, 0.2) is 0 Å². The van der Waals surface area contributed by atoms with Gasteiger partial charge in [0.25, 0.3) is 5.91 Å². The van der Waals surface area contributed by atoms with E-state index >= 15 is 0 Å². The summed E-state index contributed by atoms with van der Waals surface area (Å²) in [7, 11) is 0. The Morgan fingerprint density at radius 1 is 1.04 bits per heavy atom. The minimum atomic E-state index is 0.00504. The van der Waals surface area contributed by atoms with Gasteiger partial charge in [0.2, 0.25) is 5.95 Å². The minimum absolute atomic E-state index is 0.00504. The number of amides is 1. The number of nitrogens with zero attached hydrogens (tertiary/aromatic N) is 3. The number of rotatable bonds is 5. The predicted octanol–water partition coefficient (Wildman–Crippen LogP) is 3.21. The van der Waals surface area contributed by atoms with Gasteiger partial charge in [0, 0.05) is 36.2 Å². The van der Waals surface area contributed by atoms with E-state index in [0.717, 1.165) is 12.2 Å². The van der Waals surface area contributed by atoms with Crippen LogP contribution in [0.15, 0.2) is 42.7 Å². The highest BCUT2D eigenvalue weighted by atomic mass is 16.1. The van der Waals surface area contributed by atoms with E-state index < -0.39 is 0 Å². The second-order valence-corrected chi connectivity index (χ2v) is 7.49. The van der Waals surface area contributed by atoms with Crippen LogP contribution in [0.25, 0.3) is 0 Å². The van der Waals surface area contributed by atoms with Crippen molar-refractivity contribution in [2.24, 2.45) is 5.92 Å². The smallest absolute Gasteiger partial charge is 0.251 e. The third kappa shape index (κ3) is 4.45. The summed E-state index contributed by atoms with van der Waals surface area (Å²) in [6, 6.07) is 9.88. The molecular formula is C21H27N5O. The predicted molar refractivity (Wildman–Crippen MR) is 106 cm³/mol. The maximum atomic E-state index is 12.5. The van der Waals surface area contributed by atoms with Crippen molar-refractivity contribution in [2.45, 2.75) is 38.1 Å². The molecule has 0 saturated carbocycles. The number of anilines is 2. The molecular weight excluding hydrogens is 338 g/mol. The van der Waals surface area contributed by atoms with E-state index in [-0.39, 0.29) is 5.91 Å². The molecule has 2 aromatic rings. The van der Waals surface area contributed by atoms with Gasteiger partial charge in [0.05, 0.1) is 0 Å². The maximum absolute atomic E-state index is 12.5. The molecule has 0 bridgehead atoms. The van der Waals surface area contributed by atoms with Crippen molar-refractivity contribution in [1.29, 1.82) is 0 Å². The molecule has 1 aromatic heterocycles.